The molecule has 0 unspecified atom stereocenters. The van der Waals surface area contributed by atoms with E-state index in [1.165, 1.54) is 28.6 Å². The predicted octanol–water partition coefficient (Wildman–Crippen LogP) is 6.87. The highest BCUT2D eigenvalue weighted by atomic mass is 35.5. The first-order chi connectivity index (χ1) is 15.6. The molecule has 2 heterocycles. The lowest BCUT2D eigenvalue weighted by Crippen LogP contribution is -2.16. The smallest absolute Gasteiger partial charge is 0.324 e. The number of fused-ring (bicyclic) bond motifs is 1. The van der Waals surface area contributed by atoms with Gasteiger partial charge in [0, 0.05) is 21.9 Å². The van der Waals surface area contributed by atoms with Crippen molar-refractivity contribution in [2.45, 2.75) is 56.9 Å². The first-order valence-electron chi connectivity index (χ1n) is 10.5. The molecule has 0 radical (unpaired) electrons. The predicted molar refractivity (Wildman–Crippen MR) is 126 cm³/mol. The van der Waals surface area contributed by atoms with E-state index in [1.54, 1.807) is 11.3 Å². The highest BCUT2D eigenvalue weighted by Crippen LogP contribution is 2.38. The molecule has 1 aliphatic carbocycles. The molecule has 4 rings (SSSR count). The summed E-state index contributed by atoms with van der Waals surface area (Å²) in [5.41, 5.74) is 1.49. The van der Waals surface area contributed by atoms with E-state index < -0.39 is 17.6 Å². The van der Waals surface area contributed by atoms with Crippen molar-refractivity contribution in [2.24, 2.45) is 0 Å². The van der Waals surface area contributed by atoms with Gasteiger partial charge in [-0.3, -0.25) is 9.36 Å². The molecule has 1 N–H and O–H groups in total. The van der Waals surface area contributed by atoms with Gasteiger partial charge in [0.1, 0.15) is 0 Å². The van der Waals surface area contributed by atoms with E-state index in [4.69, 9.17) is 11.6 Å². The third-order valence-electron chi connectivity index (χ3n) is 5.38. The van der Waals surface area contributed by atoms with Gasteiger partial charge in [0.15, 0.2) is 11.0 Å². The van der Waals surface area contributed by atoms with Gasteiger partial charge in [-0.15, -0.1) is 21.5 Å². The Balaban J connectivity index is 1.50. The molecule has 0 atom stereocenters. The molecule has 0 saturated heterocycles. The normalized spacial score (nSPS) is 13.9. The molecular weight excluding hydrogens is 493 g/mol. The number of halogens is 4. The second kappa shape index (κ2) is 9.68. The van der Waals surface area contributed by atoms with Crippen LogP contribution in [0.3, 0.4) is 0 Å². The van der Waals surface area contributed by atoms with Crippen molar-refractivity contribution in [3.8, 4) is 11.4 Å². The molecule has 1 aliphatic rings. The number of anilines is 1. The molecule has 0 fully saturated rings. The Morgan fingerprint density at radius 3 is 2.76 bits per heavy atom. The highest BCUT2D eigenvalue weighted by Gasteiger charge is 2.31. The van der Waals surface area contributed by atoms with Gasteiger partial charge in [0.2, 0.25) is 5.91 Å². The number of benzene rings is 1. The summed E-state index contributed by atoms with van der Waals surface area (Å²) in [6.07, 6.45) is -0.0381. The SMILES string of the molecule is CC(C)n1c(SCC(=O)Nc2cc(C(F)(F)F)ccc2Cl)nnc1-c1csc2c1CCCC2. The molecule has 3 aromatic rings. The lowest BCUT2D eigenvalue weighted by atomic mass is 9.95. The summed E-state index contributed by atoms with van der Waals surface area (Å²) in [6.45, 7) is 4.05. The van der Waals surface area contributed by atoms with Gasteiger partial charge in [-0.1, -0.05) is 23.4 Å². The maximum atomic E-state index is 13.0. The number of thiophene rings is 1. The van der Waals surface area contributed by atoms with Gasteiger partial charge in [-0.25, -0.2) is 0 Å². The van der Waals surface area contributed by atoms with E-state index in [-0.39, 0.29) is 22.5 Å². The van der Waals surface area contributed by atoms with Gasteiger partial charge in [-0.05, 0) is 63.3 Å². The average Bonchev–Trinajstić information content (AvgIpc) is 3.36. The summed E-state index contributed by atoms with van der Waals surface area (Å²) in [4.78, 5) is 13.9. The first-order valence-corrected chi connectivity index (χ1v) is 12.7. The van der Waals surface area contributed by atoms with Crippen LogP contribution in [0.5, 0.6) is 0 Å². The number of hydrogen-bond acceptors (Lipinski definition) is 5. The number of nitrogens with one attached hydrogen (secondary N) is 1. The Hall–Kier alpha value is -2.04. The zero-order valence-electron chi connectivity index (χ0n) is 18.0. The molecule has 0 spiro atoms. The largest absolute Gasteiger partial charge is 0.416 e. The van der Waals surface area contributed by atoms with Gasteiger partial charge >= 0.3 is 6.18 Å². The molecular formula is C22H22ClF3N4OS2. The van der Waals surface area contributed by atoms with Gasteiger partial charge in [-0.2, -0.15) is 13.2 Å². The van der Waals surface area contributed by atoms with Crippen LogP contribution in [0.15, 0.2) is 28.7 Å². The minimum absolute atomic E-state index is 0.0382. The van der Waals surface area contributed by atoms with Crippen molar-refractivity contribution >= 4 is 46.3 Å². The van der Waals surface area contributed by atoms with Gasteiger partial charge in [0.25, 0.3) is 0 Å². The Morgan fingerprint density at radius 2 is 2.03 bits per heavy atom. The Kier molecular flexibility index (Phi) is 7.07. The van der Waals surface area contributed by atoms with Crippen LogP contribution in [0, 0.1) is 0 Å². The molecule has 5 nitrogen and oxygen atoms in total. The summed E-state index contributed by atoms with van der Waals surface area (Å²) >= 11 is 8.92. The summed E-state index contributed by atoms with van der Waals surface area (Å²) in [6, 6.07) is 2.90. The van der Waals surface area contributed by atoms with E-state index in [9.17, 15) is 18.0 Å². The second-order valence-electron chi connectivity index (χ2n) is 8.06. The molecule has 1 aromatic carbocycles. The summed E-state index contributed by atoms with van der Waals surface area (Å²) < 4.78 is 40.9. The van der Waals surface area contributed by atoms with Gasteiger partial charge in [0.05, 0.1) is 22.0 Å². The highest BCUT2D eigenvalue weighted by molar-refractivity contribution is 7.99. The summed E-state index contributed by atoms with van der Waals surface area (Å²) in [5.74, 6) is 0.265. The zero-order chi connectivity index (χ0) is 23.8. The molecule has 176 valence electrons. The average molecular weight is 515 g/mol. The fraction of sp³-hybridized carbons (Fsp3) is 0.409. The van der Waals surface area contributed by atoms with Crippen molar-refractivity contribution in [1.82, 2.24) is 14.8 Å². The van der Waals surface area contributed by atoms with E-state index in [0.29, 0.717) is 5.16 Å². The standard InChI is InChI=1S/C22H22ClF3N4OS2/c1-12(2)30-20(15-10-32-18-6-4-3-5-14(15)18)28-29-21(30)33-11-19(31)27-17-9-13(22(24,25)26)7-8-16(17)23/h7-10,12H,3-6,11H2,1-2H3,(H,27,31). The fourth-order valence-corrected chi connectivity index (χ4v) is 5.98. The van der Waals surface area contributed by atoms with Gasteiger partial charge < -0.3 is 5.32 Å². The Morgan fingerprint density at radius 1 is 1.27 bits per heavy atom. The third kappa shape index (κ3) is 5.22. The third-order valence-corrected chi connectivity index (χ3v) is 7.74. The number of hydrogen-bond donors (Lipinski definition) is 1. The lowest BCUT2D eigenvalue weighted by Gasteiger charge is -2.16. The summed E-state index contributed by atoms with van der Waals surface area (Å²) in [7, 11) is 0. The van der Waals surface area contributed by atoms with E-state index >= 15 is 0 Å². The van der Waals surface area contributed by atoms with Crippen LogP contribution < -0.4 is 5.32 Å². The minimum atomic E-state index is -4.52. The van der Waals surface area contributed by atoms with Crippen molar-refractivity contribution < 1.29 is 18.0 Å². The molecule has 0 bridgehead atoms. The number of amides is 1. The van der Waals surface area contributed by atoms with Crippen LogP contribution >= 0.6 is 34.7 Å². The summed E-state index contributed by atoms with van der Waals surface area (Å²) in [5, 5.41) is 14.0. The van der Waals surface area contributed by atoms with Crippen LogP contribution in [0.1, 0.15) is 48.7 Å². The van der Waals surface area contributed by atoms with Crippen molar-refractivity contribution in [3.63, 3.8) is 0 Å². The molecule has 0 saturated carbocycles. The van der Waals surface area contributed by atoms with E-state index in [1.807, 2.05) is 18.4 Å². The minimum Gasteiger partial charge on any atom is -0.324 e. The number of thioether (sulfide) groups is 1. The maximum Gasteiger partial charge on any atom is 0.416 e. The molecule has 11 heteroatoms. The molecule has 0 aliphatic heterocycles. The Bertz CT molecular complexity index is 1170. The number of rotatable bonds is 6. The van der Waals surface area contributed by atoms with Crippen molar-refractivity contribution in [2.75, 3.05) is 11.1 Å². The van der Waals surface area contributed by atoms with Crippen LogP contribution in [0.2, 0.25) is 5.02 Å². The quantitative estimate of drug-likeness (QED) is 0.365. The maximum absolute atomic E-state index is 13.0. The van der Waals surface area contributed by atoms with Crippen molar-refractivity contribution in [1.29, 1.82) is 0 Å². The molecule has 2 aromatic heterocycles. The number of aryl methyl sites for hydroxylation is 1. The van der Waals surface area contributed by atoms with E-state index in [2.05, 4.69) is 20.9 Å². The fourth-order valence-electron chi connectivity index (χ4n) is 3.82. The number of carbonyl (C=O) groups is 1. The van der Waals surface area contributed by atoms with Crippen LogP contribution in [0.4, 0.5) is 18.9 Å². The zero-order valence-corrected chi connectivity index (χ0v) is 20.4. The van der Waals surface area contributed by atoms with Crippen LogP contribution in [-0.2, 0) is 23.8 Å². The van der Waals surface area contributed by atoms with Crippen LogP contribution in [0.25, 0.3) is 11.4 Å². The topological polar surface area (TPSA) is 59.8 Å². The number of alkyl halides is 3. The lowest BCUT2D eigenvalue weighted by molar-refractivity contribution is -0.137. The molecule has 33 heavy (non-hydrogen) atoms. The van der Waals surface area contributed by atoms with E-state index in [0.717, 1.165) is 48.8 Å². The molecule has 1 amide bonds. The monoisotopic (exact) mass is 514 g/mol. The number of aromatic nitrogens is 3. The number of nitrogens with zero attached hydrogens (tertiary/aromatic N) is 3. The first kappa shape index (κ1) is 24.1. The second-order valence-corrected chi connectivity index (χ2v) is 10.4. The number of carbonyl (C=O) groups excluding carboxylic acids is 1. The Labute approximate surface area is 202 Å². The van der Waals surface area contributed by atoms with Crippen LogP contribution in [-0.4, -0.2) is 26.4 Å². The van der Waals surface area contributed by atoms with Crippen molar-refractivity contribution in [3.05, 3.63) is 44.6 Å².